The van der Waals surface area contributed by atoms with Gasteiger partial charge in [-0.3, -0.25) is 0 Å². The highest BCUT2D eigenvalue weighted by Crippen LogP contribution is 2.26. The molecule has 1 N–H and O–H groups in total. The average Bonchev–Trinajstić information content (AvgIpc) is 2.03. The Labute approximate surface area is 72.6 Å². The summed E-state index contributed by atoms with van der Waals surface area (Å²) >= 11 is 0. The molecule has 0 saturated heterocycles. The number of hydrogen-bond acceptors (Lipinski definition) is 1. The zero-order valence-electron chi connectivity index (χ0n) is 7.69. The van der Waals surface area contributed by atoms with Crippen LogP contribution in [-0.4, -0.2) is 7.05 Å². The molecule has 0 fully saturated rings. The number of benzene rings is 1. The molecule has 0 unspecified atom stereocenters. The summed E-state index contributed by atoms with van der Waals surface area (Å²) < 4.78 is 13.4. The highest BCUT2D eigenvalue weighted by molar-refractivity contribution is 5.46. The summed E-state index contributed by atoms with van der Waals surface area (Å²) in [5.41, 5.74) is 0.389. The van der Waals surface area contributed by atoms with Crippen LogP contribution >= 0.6 is 0 Å². The fraction of sp³-hybridized carbons (Fsp3) is 0.400. The number of alkyl halides is 1. The summed E-state index contributed by atoms with van der Waals surface area (Å²) in [4.78, 5) is 0. The van der Waals surface area contributed by atoms with Gasteiger partial charge >= 0.3 is 0 Å². The molecule has 0 aliphatic carbocycles. The van der Waals surface area contributed by atoms with Gasteiger partial charge in [0.15, 0.2) is 0 Å². The van der Waals surface area contributed by atoms with E-state index in [0.717, 1.165) is 5.69 Å². The van der Waals surface area contributed by atoms with Crippen molar-refractivity contribution in [3.8, 4) is 0 Å². The van der Waals surface area contributed by atoms with E-state index in [1.165, 1.54) is 0 Å². The van der Waals surface area contributed by atoms with E-state index in [9.17, 15) is 4.39 Å². The second kappa shape index (κ2) is 3.13. The van der Waals surface area contributed by atoms with E-state index in [2.05, 4.69) is 5.32 Å². The molecule has 0 radical (unpaired) electrons. The number of halogens is 1. The Bertz CT molecular complexity index is 263. The predicted octanol–water partition coefficient (Wildman–Crippen LogP) is 2.93. The predicted molar refractivity (Wildman–Crippen MR) is 50.1 cm³/mol. The van der Waals surface area contributed by atoms with E-state index in [0.29, 0.717) is 5.56 Å². The summed E-state index contributed by atoms with van der Waals surface area (Å²) in [6.45, 7) is 3.11. The van der Waals surface area contributed by atoms with Gasteiger partial charge < -0.3 is 5.32 Å². The summed E-state index contributed by atoms with van der Waals surface area (Å²) in [5.74, 6) is 0. The van der Waals surface area contributed by atoms with Crippen molar-refractivity contribution >= 4 is 5.69 Å². The molecule has 0 atom stereocenters. The van der Waals surface area contributed by atoms with Gasteiger partial charge in [-0.2, -0.15) is 0 Å². The molecule has 0 saturated carbocycles. The third-order valence-electron chi connectivity index (χ3n) is 1.84. The fourth-order valence-corrected chi connectivity index (χ4v) is 1.04. The van der Waals surface area contributed by atoms with Gasteiger partial charge in [-0.15, -0.1) is 0 Å². The summed E-state index contributed by atoms with van der Waals surface area (Å²) in [6, 6.07) is 7.37. The van der Waals surface area contributed by atoms with Gasteiger partial charge in [0.1, 0.15) is 5.67 Å². The maximum atomic E-state index is 13.4. The minimum Gasteiger partial charge on any atom is -0.388 e. The van der Waals surface area contributed by atoms with Crippen molar-refractivity contribution < 1.29 is 4.39 Å². The first kappa shape index (κ1) is 9.04. The molecule has 12 heavy (non-hydrogen) atoms. The first-order valence-electron chi connectivity index (χ1n) is 4.01. The van der Waals surface area contributed by atoms with Crippen LogP contribution in [0.1, 0.15) is 19.4 Å². The van der Waals surface area contributed by atoms with E-state index < -0.39 is 5.67 Å². The summed E-state index contributed by atoms with van der Waals surface area (Å²) in [7, 11) is 1.82. The minimum atomic E-state index is -1.26. The molecule has 1 rings (SSSR count). The molecule has 66 valence electrons. The lowest BCUT2D eigenvalue weighted by Gasteiger charge is -2.15. The maximum Gasteiger partial charge on any atom is 0.130 e. The number of hydrogen-bond donors (Lipinski definition) is 1. The van der Waals surface area contributed by atoms with E-state index in [4.69, 9.17) is 0 Å². The second-order valence-corrected chi connectivity index (χ2v) is 3.30. The van der Waals surface area contributed by atoms with Crippen LogP contribution in [0.5, 0.6) is 0 Å². The van der Waals surface area contributed by atoms with Crippen LogP contribution < -0.4 is 5.32 Å². The van der Waals surface area contributed by atoms with E-state index >= 15 is 0 Å². The monoisotopic (exact) mass is 167 g/mol. The van der Waals surface area contributed by atoms with Crippen molar-refractivity contribution in [2.75, 3.05) is 12.4 Å². The third kappa shape index (κ3) is 1.97. The largest absolute Gasteiger partial charge is 0.388 e. The molecule has 0 aromatic heterocycles. The molecule has 1 aromatic carbocycles. The number of anilines is 1. The van der Waals surface area contributed by atoms with Crippen LogP contribution in [0.2, 0.25) is 0 Å². The molecule has 0 amide bonds. The van der Waals surface area contributed by atoms with Gasteiger partial charge in [0.25, 0.3) is 0 Å². The molecule has 1 nitrogen and oxygen atoms in total. The van der Waals surface area contributed by atoms with Crippen molar-refractivity contribution in [1.29, 1.82) is 0 Å². The lowest BCUT2D eigenvalue weighted by Crippen LogP contribution is -2.08. The van der Waals surface area contributed by atoms with Crippen LogP contribution in [-0.2, 0) is 5.67 Å². The molecule has 2 heteroatoms. The van der Waals surface area contributed by atoms with Crippen molar-refractivity contribution in [3.63, 3.8) is 0 Å². The van der Waals surface area contributed by atoms with Crippen LogP contribution in [0, 0.1) is 0 Å². The van der Waals surface area contributed by atoms with Crippen LogP contribution in [0.3, 0.4) is 0 Å². The quantitative estimate of drug-likeness (QED) is 0.714. The topological polar surface area (TPSA) is 12.0 Å². The van der Waals surface area contributed by atoms with E-state index in [1.54, 1.807) is 19.9 Å². The summed E-state index contributed by atoms with van der Waals surface area (Å²) in [5, 5.41) is 2.97. The van der Waals surface area contributed by atoms with Crippen molar-refractivity contribution in [2.45, 2.75) is 19.5 Å². The molecule has 0 spiro atoms. The third-order valence-corrected chi connectivity index (χ3v) is 1.84. The Morgan fingerprint density at radius 3 is 2.50 bits per heavy atom. The Morgan fingerprint density at radius 1 is 1.33 bits per heavy atom. The van der Waals surface area contributed by atoms with Gasteiger partial charge in [-0.1, -0.05) is 12.1 Å². The SMILES string of the molecule is CNc1cccc(C(C)(C)F)c1. The summed E-state index contributed by atoms with van der Waals surface area (Å²) in [6.07, 6.45) is 0. The van der Waals surface area contributed by atoms with Gasteiger partial charge in [0, 0.05) is 12.7 Å². The normalized spacial score (nSPS) is 11.3. The number of nitrogens with one attached hydrogen (secondary N) is 1. The molecule has 1 aromatic rings. The first-order chi connectivity index (χ1) is 5.54. The molecule has 0 aliphatic rings. The lowest BCUT2D eigenvalue weighted by atomic mass is 10.00. The van der Waals surface area contributed by atoms with Gasteiger partial charge in [-0.25, -0.2) is 4.39 Å². The van der Waals surface area contributed by atoms with Crippen LogP contribution in [0.4, 0.5) is 10.1 Å². The first-order valence-corrected chi connectivity index (χ1v) is 4.01. The standard InChI is InChI=1S/C10H14FN/c1-10(2,11)8-5-4-6-9(7-8)12-3/h4-7,12H,1-3H3. The number of rotatable bonds is 2. The zero-order chi connectivity index (χ0) is 9.19. The molecule has 0 heterocycles. The Hall–Kier alpha value is -1.05. The maximum absolute atomic E-state index is 13.4. The minimum absolute atomic E-state index is 0.703. The average molecular weight is 167 g/mol. The molecule has 0 bridgehead atoms. The zero-order valence-corrected chi connectivity index (χ0v) is 7.69. The van der Waals surface area contributed by atoms with Crippen molar-refractivity contribution in [2.24, 2.45) is 0 Å². The Kier molecular flexibility index (Phi) is 2.36. The van der Waals surface area contributed by atoms with Gasteiger partial charge in [0.2, 0.25) is 0 Å². The van der Waals surface area contributed by atoms with Crippen LogP contribution in [0.15, 0.2) is 24.3 Å². The van der Waals surface area contributed by atoms with Crippen molar-refractivity contribution in [3.05, 3.63) is 29.8 Å². The van der Waals surface area contributed by atoms with Crippen molar-refractivity contribution in [1.82, 2.24) is 0 Å². The Morgan fingerprint density at radius 2 is 2.00 bits per heavy atom. The lowest BCUT2D eigenvalue weighted by molar-refractivity contribution is 0.221. The molecule has 0 aliphatic heterocycles. The smallest absolute Gasteiger partial charge is 0.130 e. The van der Waals surface area contributed by atoms with Gasteiger partial charge in [-0.05, 0) is 31.5 Å². The molecular formula is C10H14FN. The highest BCUT2D eigenvalue weighted by atomic mass is 19.1. The second-order valence-electron chi connectivity index (χ2n) is 3.30. The van der Waals surface area contributed by atoms with E-state index in [1.807, 2.05) is 25.2 Å². The molecular weight excluding hydrogens is 153 g/mol. The van der Waals surface area contributed by atoms with Gasteiger partial charge in [0.05, 0.1) is 0 Å². The van der Waals surface area contributed by atoms with E-state index in [-0.39, 0.29) is 0 Å². The highest BCUT2D eigenvalue weighted by Gasteiger charge is 2.18. The van der Waals surface area contributed by atoms with Crippen LogP contribution in [0.25, 0.3) is 0 Å². The fourth-order valence-electron chi connectivity index (χ4n) is 1.04. The Balaban J connectivity index is 3.02.